The SMILES string of the molecule is CCC(=O)NCCCNc1ccc2cc3ccc(NC(=O)COc4c(C)cc(C(C)(C)C)cc4Cc4cc(C(C)(C)C)cc(Cc5cc(C(C)(C)C)cc(C)c5OCC(=O)OC(C)(C)C)c4OCC(=O)OC(C)(C)C)cc3nc2c1. The molecule has 0 saturated carbocycles. The smallest absolute Gasteiger partial charge is 0.344 e. The van der Waals surface area contributed by atoms with Crippen LogP contribution in [0.25, 0.3) is 21.8 Å². The lowest BCUT2D eigenvalue weighted by atomic mass is 9.81. The van der Waals surface area contributed by atoms with E-state index in [9.17, 15) is 19.2 Å². The molecule has 13 heteroatoms. The largest absolute Gasteiger partial charge is 0.483 e. The molecule has 6 aromatic rings. The van der Waals surface area contributed by atoms with Crippen LogP contribution in [0.1, 0.15) is 174 Å². The van der Waals surface area contributed by atoms with Gasteiger partial charge >= 0.3 is 11.9 Å². The summed E-state index contributed by atoms with van der Waals surface area (Å²) in [6.07, 6.45) is 1.91. The van der Waals surface area contributed by atoms with Gasteiger partial charge in [0.1, 0.15) is 28.5 Å². The number of aryl methyl sites for hydroxylation is 2. The van der Waals surface area contributed by atoms with Crippen LogP contribution in [0.4, 0.5) is 11.4 Å². The van der Waals surface area contributed by atoms with Gasteiger partial charge in [-0.2, -0.15) is 0 Å². The number of benzene rings is 5. The third-order valence-electron chi connectivity index (χ3n) is 13.4. The number of nitrogens with zero attached hydrogens (tertiary/aromatic N) is 1. The molecule has 1 heterocycles. The molecule has 0 unspecified atom stereocenters. The van der Waals surface area contributed by atoms with Crippen molar-refractivity contribution in [1.82, 2.24) is 10.3 Å². The van der Waals surface area contributed by atoms with Crippen molar-refractivity contribution < 1.29 is 42.9 Å². The first-order chi connectivity index (χ1) is 37.1. The van der Waals surface area contributed by atoms with E-state index in [0.717, 1.165) is 84.0 Å². The highest BCUT2D eigenvalue weighted by atomic mass is 16.6. The molecule has 430 valence electrons. The van der Waals surface area contributed by atoms with Gasteiger partial charge in [0.2, 0.25) is 5.91 Å². The van der Waals surface area contributed by atoms with Crippen molar-refractivity contribution in [3.63, 3.8) is 0 Å². The Labute approximate surface area is 475 Å². The fraction of sp³-hybridized carbons (Fsp3) is 0.478. The fourth-order valence-corrected chi connectivity index (χ4v) is 9.30. The quantitative estimate of drug-likeness (QED) is 0.0379. The van der Waals surface area contributed by atoms with E-state index in [1.54, 1.807) is 0 Å². The van der Waals surface area contributed by atoms with Gasteiger partial charge in [0, 0.05) is 54.5 Å². The van der Waals surface area contributed by atoms with Crippen LogP contribution in [-0.2, 0) is 57.7 Å². The average molecular weight is 1090 g/mol. The van der Waals surface area contributed by atoms with Crippen LogP contribution in [0.5, 0.6) is 17.2 Å². The predicted molar refractivity (Wildman–Crippen MR) is 323 cm³/mol. The van der Waals surface area contributed by atoms with Crippen LogP contribution in [-0.4, -0.2) is 72.8 Å². The number of esters is 2. The summed E-state index contributed by atoms with van der Waals surface area (Å²) in [5.74, 6) is 0.377. The molecule has 0 bridgehead atoms. The van der Waals surface area contributed by atoms with Gasteiger partial charge < -0.3 is 39.6 Å². The molecule has 0 aliphatic carbocycles. The van der Waals surface area contributed by atoms with Crippen molar-refractivity contribution in [3.05, 3.63) is 129 Å². The van der Waals surface area contributed by atoms with Crippen LogP contribution in [0.15, 0.2) is 78.9 Å². The number of hydrogen-bond donors (Lipinski definition) is 3. The van der Waals surface area contributed by atoms with E-state index >= 15 is 0 Å². The molecule has 0 spiro atoms. The van der Waals surface area contributed by atoms with E-state index in [2.05, 4.69) is 121 Å². The summed E-state index contributed by atoms with van der Waals surface area (Å²) in [4.78, 5) is 57.2. The first-order valence-corrected chi connectivity index (χ1v) is 28.1. The first-order valence-electron chi connectivity index (χ1n) is 28.1. The van der Waals surface area contributed by atoms with Crippen molar-refractivity contribution in [2.75, 3.05) is 43.5 Å². The second-order valence-corrected chi connectivity index (χ2v) is 26.2. The average Bonchev–Trinajstić information content (AvgIpc) is 3.32. The molecule has 0 saturated heterocycles. The zero-order valence-corrected chi connectivity index (χ0v) is 51.0. The molecule has 0 radical (unpaired) electrons. The van der Waals surface area contributed by atoms with Crippen molar-refractivity contribution in [2.24, 2.45) is 0 Å². The highest BCUT2D eigenvalue weighted by Crippen LogP contribution is 2.41. The molecular formula is C67H88N4O9. The molecule has 1 aromatic heterocycles. The summed E-state index contributed by atoms with van der Waals surface area (Å²) in [5.41, 5.74) is 9.12. The normalized spacial score (nSPS) is 12.3. The van der Waals surface area contributed by atoms with E-state index in [-0.39, 0.29) is 47.9 Å². The van der Waals surface area contributed by atoms with E-state index < -0.39 is 23.1 Å². The Morgan fingerprint density at radius 1 is 0.475 bits per heavy atom. The predicted octanol–water partition coefficient (Wildman–Crippen LogP) is 13.9. The number of aromatic nitrogens is 1. The monoisotopic (exact) mass is 1090 g/mol. The molecule has 0 atom stereocenters. The summed E-state index contributed by atoms with van der Waals surface area (Å²) >= 11 is 0. The number of nitrogens with one attached hydrogen (secondary N) is 3. The molecule has 13 nitrogen and oxygen atoms in total. The number of carbonyl (C=O) groups excluding carboxylic acids is 4. The third kappa shape index (κ3) is 17.7. The number of hydrogen-bond acceptors (Lipinski definition) is 11. The summed E-state index contributed by atoms with van der Waals surface area (Å²) in [6, 6.07) is 26.6. The second kappa shape index (κ2) is 25.1. The van der Waals surface area contributed by atoms with Gasteiger partial charge in [-0.05, 0) is 158 Å². The van der Waals surface area contributed by atoms with Gasteiger partial charge in [0.25, 0.3) is 5.91 Å². The van der Waals surface area contributed by atoms with E-state index in [0.29, 0.717) is 55.3 Å². The van der Waals surface area contributed by atoms with Gasteiger partial charge in [0.05, 0.1) is 11.0 Å². The van der Waals surface area contributed by atoms with Gasteiger partial charge in [-0.1, -0.05) is 118 Å². The first kappa shape index (κ1) is 62.1. The molecule has 2 amide bonds. The zero-order valence-electron chi connectivity index (χ0n) is 51.0. The van der Waals surface area contributed by atoms with E-state index in [1.165, 1.54) is 0 Å². The molecule has 6 rings (SSSR count). The molecule has 5 aromatic carbocycles. The molecule has 80 heavy (non-hydrogen) atoms. The van der Waals surface area contributed by atoms with Crippen LogP contribution in [0, 0.1) is 13.8 Å². The third-order valence-corrected chi connectivity index (χ3v) is 13.4. The van der Waals surface area contributed by atoms with Gasteiger partial charge in [-0.25, -0.2) is 14.6 Å². The number of anilines is 2. The van der Waals surface area contributed by atoms with Crippen LogP contribution in [0.2, 0.25) is 0 Å². The Hall–Kier alpha value is -7.15. The molecule has 3 N–H and O–H groups in total. The summed E-state index contributed by atoms with van der Waals surface area (Å²) in [6.45, 7) is 36.7. The number of fused-ring (bicyclic) bond motifs is 2. The Bertz CT molecular complexity index is 3230. The van der Waals surface area contributed by atoms with E-state index in [1.807, 2.05) is 98.7 Å². The summed E-state index contributed by atoms with van der Waals surface area (Å²) in [7, 11) is 0. The maximum Gasteiger partial charge on any atom is 0.344 e. The number of amides is 2. The number of pyridine rings is 1. The molecule has 0 fully saturated rings. The standard InChI is InChI=1S/C67H88N4O9/c1-19-56(72)69-26-20-25-68-52-23-21-43-29-44-22-24-53(37-55(44)71-54(43)36-52)70-57(73)38-76-60-41(2)27-49(63(4,5)6)32-45(60)30-47-34-51(65(10,11)12)35-48(62(47)78-40-59(75)80-67(16,17)18)31-46-33-50(64(7,8)9)28-42(3)61(46)77-39-58(74)79-66(13,14)15/h21-24,27-29,32-37,68H,19-20,25-26,30-31,38-40H2,1-18H3,(H,69,72)(H,70,73). The van der Waals surface area contributed by atoms with Crippen molar-refractivity contribution in [3.8, 4) is 17.2 Å². The maximum absolute atomic E-state index is 14.0. The summed E-state index contributed by atoms with van der Waals surface area (Å²) < 4.78 is 31.2. The Balaban J connectivity index is 1.37. The van der Waals surface area contributed by atoms with Gasteiger partial charge in [-0.15, -0.1) is 0 Å². The minimum absolute atomic E-state index is 0.0424. The lowest BCUT2D eigenvalue weighted by Crippen LogP contribution is -2.28. The molecule has 0 aliphatic rings. The Kier molecular flexibility index (Phi) is 19.5. The van der Waals surface area contributed by atoms with Crippen LogP contribution >= 0.6 is 0 Å². The number of ether oxygens (including phenoxy) is 5. The highest BCUT2D eigenvalue weighted by Gasteiger charge is 2.28. The van der Waals surface area contributed by atoms with Gasteiger partial charge in [-0.3, -0.25) is 9.59 Å². The minimum atomic E-state index is -0.739. The minimum Gasteiger partial charge on any atom is -0.483 e. The van der Waals surface area contributed by atoms with Gasteiger partial charge in [0.15, 0.2) is 19.8 Å². The molecule has 0 aliphatic heterocycles. The number of carbonyl (C=O) groups is 4. The Morgan fingerprint density at radius 3 is 1.34 bits per heavy atom. The Morgan fingerprint density at radius 2 is 0.887 bits per heavy atom. The van der Waals surface area contributed by atoms with E-state index in [4.69, 9.17) is 28.7 Å². The fourth-order valence-electron chi connectivity index (χ4n) is 9.30. The lowest BCUT2D eigenvalue weighted by molar-refractivity contribution is -0.158. The van der Waals surface area contributed by atoms with Crippen molar-refractivity contribution >= 4 is 56.9 Å². The molecular weight excluding hydrogens is 1000 g/mol. The van der Waals surface area contributed by atoms with Crippen molar-refractivity contribution in [1.29, 1.82) is 0 Å². The lowest BCUT2D eigenvalue weighted by Gasteiger charge is -2.27. The topological polar surface area (TPSA) is 163 Å². The van der Waals surface area contributed by atoms with Crippen LogP contribution in [0.3, 0.4) is 0 Å². The second-order valence-electron chi connectivity index (χ2n) is 26.2. The zero-order chi connectivity index (χ0) is 59.1. The van der Waals surface area contributed by atoms with Crippen molar-refractivity contribution in [2.45, 2.75) is 178 Å². The number of rotatable bonds is 20. The van der Waals surface area contributed by atoms with Crippen LogP contribution < -0.4 is 30.2 Å². The maximum atomic E-state index is 14.0. The highest BCUT2D eigenvalue weighted by molar-refractivity contribution is 5.98. The summed E-state index contributed by atoms with van der Waals surface area (Å²) in [5, 5.41) is 11.3.